The minimum absolute atomic E-state index is 0.0180. The summed E-state index contributed by atoms with van der Waals surface area (Å²) < 4.78 is 42.0. The molecular weight excluding hydrogens is 285 g/mol. The van der Waals surface area contributed by atoms with Crippen molar-refractivity contribution < 1.29 is 22.7 Å². The van der Waals surface area contributed by atoms with Crippen molar-refractivity contribution in [3.8, 4) is 0 Å². The Kier molecular flexibility index (Phi) is 4.30. The molecule has 0 saturated heterocycles. The third kappa shape index (κ3) is 3.84. The third-order valence-electron chi connectivity index (χ3n) is 2.94. The highest BCUT2D eigenvalue weighted by Crippen LogP contribution is 2.21. The number of carbonyl (C=O) groups is 1. The maximum absolute atomic E-state index is 12.1. The van der Waals surface area contributed by atoms with Crippen LogP contribution in [0.3, 0.4) is 0 Å². The first-order chi connectivity index (χ1) is 9.88. The molecule has 0 aliphatic heterocycles. The van der Waals surface area contributed by atoms with Crippen molar-refractivity contribution in [2.45, 2.75) is 19.1 Å². The lowest BCUT2D eigenvalue weighted by Crippen LogP contribution is -2.22. The fraction of sp³-hybridized carbons (Fsp3) is 0.286. The zero-order chi connectivity index (χ0) is 15.5. The maximum Gasteiger partial charge on any atom is 0.422 e. The van der Waals surface area contributed by atoms with Crippen LogP contribution in [0.15, 0.2) is 42.9 Å². The first-order valence-corrected chi connectivity index (χ1v) is 6.19. The summed E-state index contributed by atoms with van der Waals surface area (Å²) in [6.45, 7) is 0.203. The molecule has 0 aliphatic carbocycles. The van der Waals surface area contributed by atoms with Gasteiger partial charge in [0.25, 0.3) is 0 Å². The van der Waals surface area contributed by atoms with E-state index in [1.165, 1.54) is 17.1 Å². The van der Waals surface area contributed by atoms with Crippen molar-refractivity contribution in [1.29, 1.82) is 0 Å². The van der Waals surface area contributed by atoms with Crippen LogP contribution in [0.4, 0.5) is 13.2 Å². The molecule has 2 aromatic rings. The highest BCUT2D eigenvalue weighted by atomic mass is 19.4. The summed E-state index contributed by atoms with van der Waals surface area (Å²) in [6.07, 6.45) is -1.97. The summed E-state index contributed by atoms with van der Waals surface area (Å²) in [5, 5.41) is 0. The highest BCUT2D eigenvalue weighted by molar-refractivity contribution is 5.87. The zero-order valence-corrected chi connectivity index (χ0v) is 11.2. The van der Waals surface area contributed by atoms with E-state index < -0.39 is 18.8 Å². The van der Waals surface area contributed by atoms with Gasteiger partial charge in [0.15, 0.2) is 6.61 Å². The molecule has 1 atom stereocenters. The molecule has 0 spiro atoms. The third-order valence-corrected chi connectivity index (χ3v) is 2.94. The van der Waals surface area contributed by atoms with Gasteiger partial charge in [-0.15, -0.1) is 0 Å². The first kappa shape index (κ1) is 15.1. The van der Waals surface area contributed by atoms with Crippen LogP contribution in [-0.2, 0) is 4.74 Å². The van der Waals surface area contributed by atoms with Crippen molar-refractivity contribution in [1.82, 2.24) is 9.55 Å². The predicted octanol–water partition coefficient (Wildman–Crippen LogP) is 3.21. The average molecular weight is 298 g/mol. The van der Waals surface area contributed by atoms with E-state index in [-0.39, 0.29) is 11.7 Å². The molecule has 0 bridgehead atoms. The Balaban J connectivity index is 2.17. The Morgan fingerprint density at radius 3 is 2.62 bits per heavy atom. The summed E-state index contributed by atoms with van der Waals surface area (Å²) >= 11 is 0. The maximum atomic E-state index is 12.1. The minimum atomic E-state index is -4.55. The minimum Gasteiger partial charge on any atom is -0.451 e. The molecule has 2 rings (SSSR count). The molecular formula is C14H13F3N2O2. The van der Waals surface area contributed by atoms with Gasteiger partial charge in [-0.3, -0.25) is 0 Å². The topological polar surface area (TPSA) is 44.1 Å². The summed E-state index contributed by atoms with van der Waals surface area (Å²) in [4.78, 5) is 15.5. The van der Waals surface area contributed by atoms with E-state index in [1.54, 1.807) is 0 Å². The van der Waals surface area contributed by atoms with E-state index >= 15 is 0 Å². The number of imidazole rings is 1. The zero-order valence-electron chi connectivity index (χ0n) is 11.2. The monoisotopic (exact) mass is 298 g/mol. The number of halogens is 3. The number of aromatic nitrogens is 2. The second kappa shape index (κ2) is 5.99. The number of carbonyl (C=O) groups excluding carboxylic acids is 1. The Morgan fingerprint density at radius 2 is 2.00 bits per heavy atom. The van der Waals surface area contributed by atoms with Gasteiger partial charge in [-0.25, -0.2) is 9.78 Å². The molecule has 0 saturated carbocycles. The van der Waals surface area contributed by atoms with Crippen molar-refractivity contribution in [2.24, 2.45) is 0 Å². The summed E-state index contributed by atoms with van der Waals surface area (Å²) in [6, 6.07) is 8.99. The van der Waals surface area contributed by atoms with Crippen LogP contribution >= 0.6 is 0 Å². The van der Waals surface area contributed by atoms with E-state index in [2.05, 4.69) is 9.72 Å². The van der Waals surface area contributed by atoms with Crippen LogP contribution in [0.25, 0.3) is 0 Å². The SMILES string of the molecule is CC(c1ccccc1)n1cncc1C(=O)OCC(F)(F)F. The number of benzene rings is 1. The fourth-order valence-electron chi connectivity index (χ4n) is 1.88. The average Bonchev–Trinajstić information content (AvgIpc) is 2.93. The Labute approximate surface area is 119 Å². The van der Waals surface area contributed by atoms with E-state index in [0.29, 0.717) is 0 Å². The molecule has 1 aromatic carbocycles. The second-order valence-electron chi connectivity index (χ2n) is 4.46. The highest BCUT2D eigenvalue weighted by Gasteiger charge is 2.30. The smallest absolute Gasteiger partial charge is 0.422 e. The summed E-state index contributed by atoms with van der Waals surface area (Å²) in [5.41, 5.74) is 0.885. The van der Waals surface area contributed by atoms with Crippen LogP contribution < -0.4 is 0 Å². The number of rotatable bonds is 4. The van der Waals surface area contributed by atoms with E-state index in [4.69, 9.17) is 0 Å². The largest absolute Gasteiger partial charge is 0.451 e. The Morgan fingerprint density at radius 1 is 1.33 bits per heavy atom. The van der Waals surface area contributed by atoms with Gasteiger partial charge in [-0.2, -0.15) is 13.2 Å². The number of esters is 1. The number of nitrogens with zero attached hydrogens (tertiary/aromatic N) is 2. The lowest BCUT2D eigenvalue weighted by Gasteiger charge is -2.16. The van der Waals surface area contributed by atoms with Gasteiger partial charge in [0, 0.05) is 0 Å². The molecule has 21 heavy (non-hydrogen) atoms. The van der Waals surface area contributed by atoms with Crippen LogP contribution in [0.2, 0.25) is 0 Å². The van der Waals surface area contributed by atoms with Crippen molar-refractivity contribution in [2.75, 3.05) is 6.61 Å². The molecule has 0 radical (unpaired) electrons. The van der Waals surface area contributed by atoms with E-state index in [9.17, 15) is 18.0 Å². The quantitative estimate of drug-likeness (QED) is 0.814. The molecule has 1 heterocycles. The molecule has 7 heteroatoms. The lowest BCUT2D eigenvalue weighted by atomic mass is 10.1. The first-order valence-electron chi connectivity index (χ1n) is 6.19. The number of hydrogen-bond acceptors (Lipinski definition) is 3. The molecule has 112 valence electrons. The molecule has 0 amide bonds. The van der Waals surface area contributed by atoms with Gasteiger partial charge in [-0.1, -0.05) is 30.3 Å². The van der Waals surface area contributed by atoms with Gasteiger partial charge in [0.2, 0.25) is 0 Å². The number of hydrogen-bond donors (Lipinski definition) is 0. The standard InChI is InChI=1S/C14H13F3N2O2/c1-10(11-5-3-2-4-6-11)19-9-18-7-12(19)13(20)21-8-14(15,16)17/h2-7,9-10H,8H2,1H3. The van der Waals surface area contributed by atoms with E-state index in [0.717, 1.165) is 5.56 Å². The number of alkyl halides is 3. The molecule has 0 N–H and O–H groups in total. The molecule has 1 aromatic heterocycles. The van der Waals surface area contributed by atoms with Crippen molar-refractivity contribution in [3.63, 3.8) is 0 Å². The van der Waals surface area contributed by atoms with Crippen LogP contribution in [0, 0.1) is 0 Å². The van der Waals surface area contributed by atoms with Crippen molar-refractivity contribution in [3.05, 3.63) is 54.1 Å². The lowest BCUT2D eigenvalue weighted by molar-refractivity contribution is -0.161. The summed E-state index contributed by atoms with van der Waals surface area (Å²) in [7, 11) is 0. The van der Waals surface area contributed by atoms with Crippen LogP contribution in [-0.4, -0.2) is 28.3 Å². The normalized spacial score (nSPS) is 13.0. The molecule has 0 aliphatic rings. The van der Waals surface area contributed by atoms with Gasteiger partial charge < -0.3 is 9.30 Å². The van der Waals surface area contributed by atoms with Crippen molar-refractivity contribution >= 4 is 5.97 Å². The van der Waals surface area contributed by atoms with Gasteiger partial charge in [-0.05, 0) is 12.5 Å². The molecule has 1 unspecified atom stereocenters. The van der Waals surface area contributed by atoms with Crippen LogP contribution in [0.5, 0.6) is 0 Å². The molecule has 4 nitrogen and oxygen atoms in total. The fourth-order valence-corrected chi connectivity index (χ4v) is 1.88. The summed E-state index contributed by atoms with van der Waals surface area (Å²) in [5.74, 6) is -1.05. The Bertz CT molecular complexity index is 608. The van der Waals surface area contributed by atoms with E-state index in [1.807, 2.05) is 37.3 Å². The van der Waals surface area contributed by atoms with Gasteiger partial charge >= 0.3 is 12.1 Å². The predicted molar refractivity (Wildman–Crippen MR) is 68.8 cm³/mol. The number of ether oxygens (including phenoxy) is 1. The van der Waals surface area contributed by atoms with Gasteiger partial charge in [0.05, 0.1) is 18.6 Å². The van der Waals surface area contributed by atoms with Crippen LogP contribution in [0.1, 0.15) is 29.0 Å². The second-order valence-corrected chi connectivity index (χ2v) is 4.46. The Hall–Kier alpha value is -2.31. The van der Waals surface area contributed by atoms with Gasteiger partial charge in [0.1, 0.15) is 5.69 Å². The molecule has 0 fully saturated rings.